The van der Waals surface area contributed by atoms with Gasteiger partial charge in [-0.3, -0.25) is 0 Å². The van der Waals surface area contributed by atoms with Crippen LogP contribution in [0.1, 0.15) is 32.0 Å². The van der Waals surface area contributed by atoms with Gasteiger partial charge in [0.1, 0.15) is 11.6 Å². The summed E-state index contributed by atoms with van der Waals surface area (Å²) in [5, 5.41) is 17.9. The van der Waals surface area contributed by atoms with Gasteiger partial charge < -0.3 is 0 Å². The van der Waals surface area contributed by atoms with Gasteiger partial charge in [0.15, 0.2) is 5.03 Å². The maximum absolute atomic E-state index is 11.5. The van der Waals surface area contributed by atoms with Crippen molar-refractivity contribution >= 4 is 10.0 Å². The van der Waals surface area contributed by atoms with E-state index in [1.807, 2.05) is 6.07 Å². The van der Waals surface area contributed by atoms with Gasteiger partial charge in [-0.2, -0.15) is 10.4 Å². The zero-order chi connectivity index (χ0) is 12.7. The molecule has 2 N–H and O–H groups in total. The van der Waals surface area contributed by atoms with Crippen molar-refractivity contribution in [2.24, 2.45) is 5.14 Å². The highest BCUT2D eigenvalue weighted by molar-refractivity contribution is 7.89. The average Bonchev–Trinajstić information content (AvgIpc) is 2.40. The molecule has 0 spiro atoms. The summed E-state index contributed by atoms with van der Waals surface area (Å²) < 4.78 is 24.2. The Hall–Kier alpha value is -1.39. The Morgan fingerprint density at radius 3 is 2.25 bits per heavy atom. The Bertz CT molecular complexity index is 558. The summed E-state index contributed by atoms with van der Waals surface area (Å²) in [6.07, 6.45) is 0. The summed E-state index contributed by atoms with van der Waals surface area (Å²) in [5.41, 5.74) is -0.180. The normalized spacial score (nSPS) is 12.5. The van der Waals surface area contributed by atoms with Crippen LogP contribution in [0.25, 0.3) is 0 Å². The van der Waals surface area contributed by atoms with Gasteiger partial charge in [-0.05, 0) is 27.7 Å². The third-order valence-corrected chi connectivity index (χ3v) is 2.95. The molecule has 0 aliphatic heterocycles. The van der Waals surface area contributed by atoms with E-state index in [4.69, 9.17) is 10.4 Å². The molecule has 0 saturated carbocycles. The fraction of sp³-hybridized carbons (Fsp3) is 0.556. The van der Waals surface area contributed by atoms with E-state index < -0.39 is 15.6 Å². The molecule has 0 aliphatic rings. The number of hydrogen-bond acceptors (Lipinski definition) is 4. The smallest absolute Gasteiger partial charge is 0.246 e. The Labute approximate surface area is 94.7 Å². The molecule has 1 aromatic heterocycles. The van der Waals surface area contributed by atoms with E-state index in [0.29, 0.717) is 5.69 Å². The molecule has 1 aromatic rings. The molecular formula is C9H14N4O2S. The maximum Gasteiger partial charge on any atom is 0.256 e. The van der Waals surface area contributed by atoms with Gasteiger partial charge in [-0.15, -0.1) is 0 Å². The topological polar surface area (TPSA) is 102 Å². The van der Waals surface area contributed by atoms with Gasteiger partial charge in [-0.1, -0.05) is 0 Å². The van der Waals surface area contributed by atoms with Crippen molar-refractivity contribution < 1.29 is 8.42 Å². The molecule has 0 atom stereocenters. The molecule has 0 unspecified atom stereocenters. The number of aromatic nitrogens is 2. The van der Waals surface area contributed by atoms with Gasteiger partial charge in [0.25, 0.3) is 10.0 Å². The number of nitrogens with zero attached hydrogens (tertiary/aromatic N) is 3. The highest BCUT2D eigenvalue weighted by Crippen LogP contribution is 2.24. The minimum Gasteiger partial charge on any atom is -0.246 e. The number of rotatable bonds is 1. The zero-order valence-electron chi connectivity index (χ0n) is 9.64. The van der Waals surface area contributed by atoms with Crippen molar-refractivity contribution in [1.82, 2.24) is 9.78 Å². The van der Waals surface area contributed by atoms with E-state index in [1.165, 1.54) is 4.68 Å². The van der Waals surface area contributed by atoms with Crippen molar-refractivity contribution in [3.05, 3.63) is 11.3 Å². The zero-order valence-corrected chi connectivity index (χ0v) is 10.5. The summed E-state index contributed by atoms with van der Waals surface area (Å²) >= 11 is 0. The molecule has 0 aromatic carbocycles. The highest BCUT2D eigenvalue weighted by atomic mass is 32.2. The summed E-state index contributed by atoms with van der Waals surface area (Å²) in [6, 6.07) is 1.82. The van der Waals surface area contributed by atoms with Crippen LogP contribution >= 0.6 is 0 Å². The number of sulfonamides is 1. The molecule has 0 saturated heterocycles. The van der Waals surface area contributed by atoms with Crippen LogP contribution in [0.15, 0.2) is 5.03 Å². The van der Waals surface area contributed by atoms with Gasteiger partial charge in [0, 0.05) is 0 Å². The average molecular weight is 242 g/mol. The number of nitrogens with two attached hydrogens (primary N) is 1. The van der Waals surface area contributed by atoms with E-state index >= 15 is 0 Å². The van der Waals surface area contributed by atoms with E-state index in [0.717, 1.165) is 0 Å². The number of hydrogen-bond donors (Lipinski definition) is 1. The van der Waals surface area contributed by atoms with Crippen LogP contribution in [0.3, 0.4) is 0 Å². The van der Waals surface area contributed by atoms with Crippen LogP contribution in [-0.2, 0) is 15.6 Å². The summed E-state index contributed by atoms with van der Waals surface area (Å²) in [4.78, 5) is 0. The van der Waals surface area contributed by atoms with E-state index in [2.05, 4.69) is 5.10 Å². The first-order valence-corrected chi connectivity index (χ1v) is 6.16. The van der Waals surface area contributed by atoms with Crippen LogP contribution in [0, 0.1) is 18.3 Å². The highest BCUT2D eigenvalue weighted by Gasteiger charge is 2.29. The fourth-order valence-electron chi connectivity index (χ4n) is 1.35. The second-order valence-corrected chi connectivity index (χ2v) is 5.98. The first-order chi connectivity index (χ1) is 7.09. The molecule has 0 bridgehead atoms. The van der Waals surface area contributed by atoms with Gasteiger partial charge in [0.2, 0.25) is 0 Å². The van der Waals surface area contributed by atoms with E-state index in [1.54, 1.807) is 27.7 Å². The summed E-state index contributed by atoms with van der Waals surface area (Å²) in [7, 11) is -3.96. The van der Waals surface area contributed by atoms with Gasteiger partial charge >= 0.3 is 0 Å². The lowest BCUT2D eigenvalue weighted by molar-refractivity contribution is 0.324. The molecule has 6 nitrogen and oxygen atoms in total. The Morgan fingerprint density at radius 1 is 1.44 bits per heavy atom. The molecule has 0 amide bonds. The SMILES string of the molecule is Cc1nn(C(C)(C)C)c(S(N)(=O)=O)c1C#N. The molecule has 0 fully saturated rings. The third-order valence-electron chi connectivity index (χ3n) is 2.03. The first kappa shape index (κ1) is 12.7. The molecule has 1 heterocycles. The van der Waals surface area contributed by atoms with Crippen LogP contribution in [0.4, 0.5) is 0 Å². The van der Waals surface area contributed by atoms with Crippen molar-refractivity contribution in [1.29, 1.82) is 5.26 Å². The second kappa shape index (κ2) is 3.57. The lowest BCUT2D eigenvalue weighted by Crippen LogP contribution is -2.29. The lowest BCUT2D eigenvalue weighted by Gasteiger charge is -2.21. The van der Waals surface area contributed by atoms with Gasteiger partial charge in [0.05, 0.1) is 11.2 Å². The van der Waals surface area contributed by atoms with Crippen LogP contribution in [0.2, 0.25) is 0 Å². The predicted octanol–water partition coefficient (Wildman–Crippen LogP) is 0.466. The number of primary sulfonamides is 1. The van der Waals surface area contributed by atoms with Crippen molar-refractivity contribution in [2.45, 2.75) is 38.3 Å². The van der Waals surface area contributed by atoms with Crippen molar-refractivity contribution in [3.63, 3.8) is 0 Å². The molecule has 0 radical (unpaired) electrons. The van der Waals surface area contributed by atoms with Crippen LogP contribution < -0.4 is 5.14 Å². The summed E-state index contributed by atoms with van der Waals surface area (Å²) in [6.45, 7) is 6.94. The Balaban J connectivity index is 3.75. The minimum absolute atomic E-state index is 0.0115. The molecule has 7 heteroatoms. The van der Waals surface area contributed by atoms with E-state index in [-0.39, 0.29) is 10.6 Å². The van der Waals surface area contributed by atoms with Crippen molar-refractivity contribution in [3.8, 4) is 6.07 Å². The Morgan fingerprint density at radius 2 is 1.94 bits per heavy atom. The lowest BCUT2D eigenvalue weighted by atomic mass is 10.1. The molecule has 1 rings (SSSR count). The van der Waals surface area contributed by atoms with Crippen molar-refractivity contribution in [2.75, 3.05) is 0 Å². The molecule has 88 valence electrons. The standard InChI is InChI=1S/C9H14N4O2S/c1-6-7(5-10)8(16(11,14)15)13(12-6)9(2,3)4/h1-4H3,(H2,11,14,15). The quantitative estimate of drug-likeness (QED) is 0.773. The van der Waals surface area contributed by atoms with Gasteiger partial charge in [-0.25, -0.2) is 18.2 Å². The number of nitriles is 1. The monoisotopic (exact) mass is 242 g/mol. The first-order valence-electron chi connectivity index (χ1n) is 4.62. The Kier molecular flexibility index (Phi) is 2.83. The number of aryl methyl sites for hydroxylation is 1. The van der Waals surface area contributed by atoms with Crippen LogP contribution in [-0.4, -0.2) is 18.2 Å². The molecule has 0 aliphatic carbocycles. The summed E-state index contributed by atoms with van der Waals surface area (Å²) in [5.74, 6) is 0. The predicted molar refractivity (Wildman–Crippen MR) is 58.0 cm³/mol. The minimum atomic E-state index is -3.96. The van der Waals surface area contributed by atoms with E-state index in [9.17, 15) is 8.42 Å². The fourth-order valence-corrected chi connectivity index (χ4v) is 2.39. The third kappa shape index (κ3) is 2.08. The second-order valence-electron chi connectivity index (χ2n) is 4.50. The largest absolute Gasteiger partial charge is 0.256 e. The van der Waals surface area contributed by atoms with Crippen LogP contribution in [0.5, 0.6) is 0 Å². The molecular weight excluding hydrogens is 228 g/mol. The maximum atomic E-state index is 11.5. The molecule has 16 heavy (non-hydrogen) atoms.